The fourth-order valence-electron chi connectivity index (χ4n) is 4.02. The third kappa shape index (κ3) is 3.57. The van der Waals surface area contributed by atoms with Crippen LogP contribution in [0.2, 0.25) is 0 Å². The zero-order chi connectivity index (χ0) is 15.5. The third-order valence-corrected chi connectivity index (χ3v) is 5.38. The SMILES string of the molecule is CC1CCCN(C(=O)CC2(CN)CCCCC2)C1C(=O)O. The Labute approximate surface area is 126 Å². The van der Waals surface area contributed by atoms with E-state index in [1.54, 1.807) is 4.90 Å². The third-order valence-electron chi connectivity index (χ3n) is 5.38. The molecule has 2 fully saturated rings. The summed E-state index contributed by atoms with van der Waals surface area (Å²) in [7, 11) is 0. The molecule has 2 rings (SSSR count). The van der Waals surface area contributed by atoms with Crippen LogP contribution in [0.4, 0.5) is 0 Å². The van der Waals surface area contributed by atoms with Crippen molar-refractivity contribution >= 4 is 11.9 Å². The molecule has 5 heteroatoms. The molecule has 0 aromatic heterocycles. The average Bonchev–Trinajstić information content (AvgIpc) is 2.47. The fraction of sp³-hybridized carbons (Fsp3) is 0.875. The van der Waals surface area contributed by atoms with Gasteiger partial charge in [-0.25, -0.2) is 4.79 Å². The predicted molar refractivity (Wildman–Crippen MR) is 80.7 cm³/mol. The van der Waals surface area contributed by atoms with Crippen LogP contribution in [0.25, 0.3) is 0 Å². The molecule has 0 spiro atoms. The second kappa shape index (κ2) is 6.77. The molecule has 2 unspecified atom stereocenters. The van der Waals surface area contributed by atoms with Gasteiger partial charge in [-0.15, -0.1) is 0 Å². The second-order valence-electron chi connectivity index (χ2n) is 6.93. The van der Waals surface area contributed by atoms with Crippen LogP contribution in [0.5, 0.6) is 0 Å². The maximum atomic E-state index is 12.7. The number of hydrogen-bond acceptors (Lipinski definition) is 3. The number of carboxylic acids is 1. The number of amides is 1. The van der Waals surface area contributed by atoms with Gasteiger partial charge in [-0.05, 0) is 43.6 Å². The van der Waals surface area contributed by atoms with E-state index in [9.17, 15) is 14.7 Å². The molecule has 1 amide bonds. The summed E-state index contributed by atoms with van der Waals surface area (Å²) in [6.45, 7) is 3.03. The van der Waals surface area contributed by atoms with E-state index in [-0.39, 0.29) is 17.2 Å². The van der Waals surface area contributed by atoms with E-state index in [0.29, 0.717) is 19.5 Å². The molecule has 1 saturated carbocycles. The minimum absolute atomic E-state index is 0.0127. The van der Waals surface area contributed by atoms with Crippen molar-refractivity contribution in [2.45, 2.75) is 64.3 Å². The molecule has 5 nitrogen and oxygen atoms in total. The molecule has 0 bridgehead atoms. The highest BCUT2D eigenvalue weighted by molar-refractivity contribution is 5.84. The lowest BCUT2D eigenvalue weighted by molar-refractivity contribution is -0.156. The normalized spacial score (nSPS) is 29.1. The van der Waals surface area contributed by atoms with Crippen molar-refractivity contribution in [1.82, 2.24) is 4.90 Å². The average molecular weight is 296 g/mol. The highest BCUT2D eigenvalue weighted by Gasteiger charge is 2.40. The van der Waals surface area contributed by atoms with E-state index >= 15 is 0 Å². The van der Waals surface area contributed by atoms with Gasteiger partial charge in [-0.1, -0.05) is 26.2 Å². The Balaban J connectivity index is 2.08. The summed E-state index contributed by atoms with van der Waals surface area (Å²) in [6.07, 6.45) is 7.66. The molecule has 0 aromatic rings. The van der Waals surface area contributed by atoms with Crippen molar-refractivity contribution in [2.75, 3.05) is 13.1 Å². The summed E-state index contributed by atoms with van der Waals surface area (Å²) in [4.78, 5) is 25.8. The van der Waals surface area contributed by atoms with E-state index in [0.717, 1.165) is 38.5 Å². The number of carboxylic acid groups (broad SMARTS) is 1. The van der Waals surface area contributed by atoms with Crippen LogP contribution in [-0.2, 0) is 9.59 Å². The summed E-state index contributed by atoms with van der Waals surface area (Å²) in [6, 6.07) is -0.662. The lowest BCUT2D eigenvalue weighted by Crippen LogP contribution is -2.53. The Morgan fingerprint density at radius 2 is 1.90 bits per heavy atom. The van der Waals surface area contributed by atoms with Gasteiger partial charge < -0.3 is 15.7 Å². The number of nitrogens with two attached hydrogens (primary N) is 1. The Morgan fingerprint density at radius 1 is 1.24 bits per heavy atom. The van der Waals surface area contributed by atoms with E-state index in [2.05, 4.69) is 0 Å². The van der Waals surface area contributed by atoms with Crippen LogP contribution in [0, 0.1) is 11.3 Å². The first-order chi connectivity index (χ1) is 9.99. The van der Waals surface area contributed by atoms with Crippen LogP contribution in [0.3, 0.4) is 0 Å². The maximum absolute atomic E-state index is 12.7. The van der Waals surface area contributed by atoms with Gasteiger partial charge in [0.05, 0.1) is 0 Å². The van der Waals surface area contributed by atoms with E-state index in [1.807, 2.05) is 6.92 Å². The molecule has 0 aromatic carbocycles. The number of rotatable bonds is 4. The van der Waals surface area contributed by atoms with Gasteiger partial charge in [0.25, 0.3) is 0 Å². The molecule has 1 aliphatic carbocycles. The van der Waals surface area contributed by atoms with Crippen LogP contribution < -0.4 is 5.73 Å². The highest BCUT2D eigenvalue weighted by atomic mass is 16.4. The van der Waals surface area contributed by atoms with E-state index in [4.69, 9.17) is 5.73 Å². The summed E-state index contributed by atoms with van der Waals surface area (Å²) in [5, 5.41) is 9.44. The molecule has 21 heavy (non-hydrogen) atoms. The lowest BCUT2D eigenvalue weighted by atomic mass is 9.71. The first kappa shape index (κ1) is 16.3. The fourth-order valence-corrected chi connectivity index (χ4v) is 4.02. The minimum Gasteiger partial charge on any atom is -0.480 e. The number of piperidine rings is 1. The number of carbonyl (C=O) groups is 2. The van der Waals surface area contributed by atoms with Gasteiger partial charge in [-0.2, -0.15) is 0 Å². The molecular weight excluding hydrogens is 268 g/mol. The molecule has 2 atom stereocenters. The Hall–Kier alpha value is -1.10. The van der Waals surface area contributed by atoms with Gasteiger partial charge in [0.2, 0.25) is 5.91 Å². The second-order valence-corrected chi connectivity index (χ2v) is 6.93. The van der Waals surface area contributed by atoms with Crippen molar-refractivity contribution in [1.29, 1.82) is 0 Å². The molecular formula is C16H28N2O3. The monoisotopic (exact) mass is 296 g/mol. The largest absolute Gasteiger partial charge is 0.480 e. The van der Waals surface area contributed by atoms with Gasteiger partial charge >= 0.3 is 5.97 Å². The maximum Gasteiger partial charge on any atom is 0.326 e. The Kier molecular flexibility index (Phi) is 5.25. The lowest BCUT2D eigenvalue weighted by Gasteiger charge is -2.41. The van der Waals surface area contributed by atoms with Crippen LogP contribution in [-0.4, -0.2) is 41.0 Å². The first-order valence-electron chi connectivity index (χ1n) is 8.21. The zero-order valence-electron chi connectivity index (χ0n) is 13.0. The smallest absolute Gasteiger partial charge is 0.326 e. The number of aliphatic carboxylic acids is 1. The molecule has 1 saturated heterocycles. The zero-order valence-corrected chi connectivity index (χ0v) is 13.0. The van der Waals surface area contributed by atoms with Crippen molar-refractivity contribution < 1.29 is 14.7 Å². The molecule has 3 N–H and O–H groups in total. The standard InChI is InChI=1S/C16H28N2O3/c1-12-6-5-9-18(14(12)15(20)21)13(19)10-16(11-17)7-3-2-4-8-16/h12,14H,2-11,17H2,1H3,(H,20,21). The quantitative estimate of drug-likeness (QED) is 0.831. The number of hydrogen-bond donors (Lipinski definition) is 2. The van der Waals surface area contributed by atoms with Gasteiger partial charge in [-0.3, -0.25) is 4.79 Å². The molecule has 120 valence electrons. The molecule has 0 radical (unpaired) electrons. The van der Waals surface area contributed by atoms with Crippen LogP contribution in [0.15, 0.2) is 0 Å². The van der Waals surface area contributed by atoms with Gasteiger partial charge in [0.1, 0.15) is 6.04 Å². The van der Waals surface area contributed by atoms with Crippen LogP contribution >= 0.6 is 0 Å². The van der Waals surface area contributed by atoms with Gasteiger partial charge in [0, 0.05) is 13.0 Å². The number of likely N-dealkylation sites (tertiary alicyclic amines) is 1. The van der Waals surface area contributed by atoms with E-state index < -0.39 is 12.0 Å². The van der Waals surface area contributed by atoms with Crippen molar-refractivity contribution in [3.05, 3.63) is 0 Å². The molecule has 2 aliphatic rings. The van der Waals surface area contributed by atoms with Crippen LogP contribution in [0.1, 0.15) is 58.3 Å². The van der Waals surface area contributed by atoms with Crippen molar-refractivity contribution in [2.24, 2.45) is 17.1 Å². The minimum atomic E-state index is -0.874. The summed E-state index contributed by atoms with van der Waals surface area (Å²) in [5.41, 5.74) is 5.85. The van der Waals surface area contributed by atoms with E-state index in [1.165, 1.54) is 6.42 Å². The van der Waals surface area contributed by atoms with Gasteiger partial charge in [0.15, 0.2) is 0 Å². The van der Waals surface area contributed by atoms with Crippen molar-refractivity contribution in [3.63, 3.8) is 0 Å². The molecule has 1 aliphatic heterocycles. The molecule has 1 heterocycles. The number of nitrogens with zero attached hydrogens (tertiary/aromatic N) is 1. The van der Waals surface area contributed by atoms with Crippen molar-refractivity contribution in [3.8, 4) is 0 Å². The Bertz CT molecular complexity index is 391. The summed E-state index contributed by atoms with van der Waals surface area (Å²) >= 11 is 0. The first-order valence-corrected chi connectivity index (χ1v) is 8.21. The Morgan fingerprint density at radius 3 is 2.48 bits per heavy atom. The number of carbonyl (C=O) groups excluding carboxylic acids is 1. The predicted octanol–water partition coefficient (Wildman–Crippen LogP) is 2.00. The topological polar surface area (TPSA) is 83.6 Å². The summed E-state index contributed by atoms with van der Waals surface area (Å²) in [5.74, 6) is -0.859. The summed E-state index contributed by atoms with van der Waals surface area (Å²) < 4.78 is 0. The highest BCUT2D eigenvalue weighted by Crippen LogP contribution is 2.39.